The Hall–Kier alpha value is -1.48. The molecule has 2 aliphatic rings. The third kappa shape index (κ3) is 7.00. The van der Waals surface area contributed by atoms with Crippen molar-refractivity contribution in [2.75, 3.05) is 59.0 Å². The van der Waals surface area contributed by atoms with E-state index in [0.29, 0.717) is 49.5 Å². The number of ether oxygens (including phenoxy) is 1. The highest BCUT2D eigenvalue weighted by Gasteiger charge is 2.26. The van der Waals surface area contributed by atoms with E-state index in [-0.39, 0.29) is 5.91 Å². The zero-order chi connectivity index (χ0) is 22.5. The third-order valence-electron chi connectivity index (χ3n) is 6.06. The van der Waals surface area contributed by atoms with E-state index < -0.39 is 10.0 Å². The number of amides is 1. The second-order valence-corrected chi connectivity index (χ2v) is 11.6. The SMILES string of the molecule is CC(C)(C)CCN1CCN(C(=O)CCc2ccc(S(=O)(=O)N3CCOCC3)cc2)CC1. The molecule has 174 valence electrons. The lowest BCUT2D eigenvalue weighted by atomic mass is 9.92. The predicted octanol–water partition coefficient (Wildman–Crippen LogP) is 2.22. The Morgan fingerprint density at radius 2 is 1.58 bits per heavy atom. The number of nitrogens with zero attached hydrogens (tertiary/aromatic N) is 3. The van der Waals surface area contributed by atoms with Crippen molar-refractivity contribution in [2.24, 2.45) is 5.41 Å². The van der Waals surface area contributed by atoms with Crippen molar-refractivity contribution in [3.8, 4) is 0 Å². The van der Waals surface area contributed by atoms with Gasteiger partial charge >= 0.3 is 0 Å². The van der Waals surface area contributed by atoms with Crippen LogP contribution in [0.1, 0.15) is 39.2 Å². The number of carbonyl (C=O) groups is 1. The second-order valence-electron chi connectivity index (χ2n) is 9.69. The summed E-state index contributed by atoms with van der Waals surface area (Å²) in [5.74, 6) is 0.181. The van der Waals surface area contributed by atoms with Crippen LogP contribution in [-0.2, 0) is 26.0 Å². The minimum Gasteiger partial charge on any atom is -0.379 e. The lowest BCUT2D eigenvalue weighted by molar-refractivity contribution is -0.132. The molecule has 0 saturated carbocycles. The van der Waals surface area contributed by atoms with E-state index >= 15 is 0 Å². The molecule has 1 aromatic rings. The van der Waals surface area contributed by atoms with Crippen molar-refractivity contribution < 1.29 is 17.9 Å². The van der Waals surface area contributed by atoms with Crippen molar-refractivity contribution in [3.05, 3.63) is 29.8 Å². The van der Waals surface area contributed by atoms with Crippen LogP contribution in [-0.4, -0.2) is 87.5 Å². The molecule has 7 nitrogen and oxygen atoms in total. The van der Waals surface area contributed by atoms with E-state index in [2.05, 4.69) is 25.7 Å². The summed E-state index contributed by atoms with van der Waals surface area (Å²) < 4.78 is 32.1. The lowest BCUT2D eigenvalue weighted by Gasteiger charge is -2.36. The van der Waals surface area contributed by atoms with Crippen molar-refractivity contribution in [3.63, 3.8) is 0 Å². The maximum atomic E-state index is 12.7. The molecule has 0 unspecified atom stereocenters. The Morgan fingerprint density at radius 3 is 2.16 bits per heavy atom. The van der Waals surface area contributed by atoms with E-state index in [1.807, 2.05) is 17.0 Å². The van der Waals surface area contributed by atoms with Crippen molar-refractivity contribution >= 4 is 15.9 Å². The molecule has 2 fully saturated rings. The van der Waals surface area contributed by atoms with Crippen molar-refractivity contribution in [2.45, 2.75) is 44.9 Å². The van der Waals surface area contributed by atoms with Crippen LogP contribution in [0.15, 0.2) is 29.2 Å². The average molecular weight is 452 g/mol. The first-order chi connectivity index (χ1) is 14.6. The van der Waals surface area contributed by atoms with E-state index in [0.717, 1.165) is 44.7 Å². The lowest BCUT2D eigenvalue weighted by Crippen LogP contribution is -2.49. The van der Waals surface area contributed by atoms with Gasteiger partial charge in [-0.1, -0.05) is 32.9 Å². The molecular weight excluding hydrogens is 414 g/mol. The molecule has 2 saturated heterocycles. The van der Waals surface area contributed by atoms with Gasteiger partial charge in [-0.2, -0.15) is 4.31 Å². The molecule has 2 heterocycles. The number of rotatable bonds is 7. The average Bonchev–Trinajstić information content (AvgIpc) is 2.77. The monoisotopic (exact) mass is 451 g/mol. The Bertz CT molecular complexity index is 819. The molecule has 1 amide bonds. The Kier molecular flexibility index (Phi) is 8.13. The summed E-state index contributed by atoms with van der Waals surface area (Å²) >= 11 is 0. The van der Waals surface area contributed by atoms with E-state index in [4.69, 9.17) is 4.74 Å². The van der Waals surface area contributed by atoms with E-state index in [1.165, 1.54) is 4.31 Å². The maximum Gasteiger partial charge on any atom is 0.243 e. The molecule has 0 aromatic heterocycles. The van der Waals surface area contributed by atoms with Gasteiger partial charge in [0.25, 0.3) is 0 Å². The van der Waals surface area contributed by atoms with Crippen LogP contribution >= 0.6 is 0 Å². The summed E-state index contributed by atoms with van der Waals surface area (Å²) in [5, 5.41) is 0. The molecule has 0 atom stereocenters. The van der Waals surface area contributed by atoms with Gasteiger partial charge in [-0.3, -0.25) is 9.69 Å². The molecule has 31 heavy (non-hydrogen) atoms. The summed E-state index contributed by atoms with van der Waals surface area (Å²) in [5.41, 5.74) is 1.32. The number of piperazine rings is 1. The first-order valence-electron chi connectivity index (χ1n) is 11.3. The largest absolute Gasteiger partial charge is 0.379 e. The minimum absolute atomic E-state index is 0.181. The number of morpholine rings is 1. The van der Waals surface area contributed by atoms with Gasteiger partial charge in [-0.05, 0) is 42.5 Å². The number of benzene rings is 1. The molecule has 0 N–H and O–H groups in total. The van der Waals surface area contributed by atoms with Gasteiger partial charge in [-0.25, -0.2) is 8.42 Å². The smallest absolute Gasteiger partial charge is 0.243 e. The third-order valence-corrected chi connectivity index (χ3v) is 7.97. The van der Waals surface area contributed by atoms with Crippen LogP contribution in [0.3, 0.4) is 0 Å². The first-order valence-corrected chi connectivity index (χ1v) is 12.8. The van der Waals surface area contributed by atoms with Gasteiger partial charge in [0.15, 0.2) is 0 Å². The van der Waals surface area contributed by atoms with Crippen LogP contribution in [0.5, 0.6) is 0 Å². The fourth-order valence-corrected chi connectivity index (χ4v) is 5.30. The van der Waals surface area contributed by atoms with Crippen molar-refractivity contribution in [1.29, 1.82) is 0 Å². The molecule has 0 aliphatic carbocycles. The highest BCUT2D eigenvalue weighted by molar-refractivity contribution is 7.89. The number of sulfonamides is 1. The fraction of sp³-hybridized carbons (Fsp3) is 0.696. The van der Waals surface area contributed by atoms with Crippen LogP contribution in [0.4, 0.5) is 0 Å². The first kappa shape index (κ1) is 24.2. The van der Waals surface area contributed by atoms with Crippen molar-refractivity contribution in [1.82, 2.24) is 14.1 Å². The summed E-state index contributed by atoms with van der Waals surface area (Å²) in [4.78, 5) is 17.3. The Balaban J connectivity index is 1.44. The van der Waals surface area contributed by atoms with Gasteiger partial charge in [0.1, 0.15) is 0 Å². The number of carbonyl (C=O) groups excluding carboxylic acids is 1. The summed E-state index contributed by atoms with van der Waals surface area (Å²) in [7, 11) is -3.47. The molecule has 0 bridgehead atoms. The van der Waals surface area contributed by atoms with Crippen LogP contribution in [0, 0.1) is 5.41 Å². The molecule has 3 rings (SSSR count). The van der Waals surface area contributed by atoms with Gasteiger partial charge in [0, 0.05) is 45.7 Å². The van der Waals surface area contributed by atoms with Crippen LogP contribution < -0.4 is 0 Å². The highest BCUT2D eigenvalue weighted by Crippen LogP contribution is 2.20. The zero-order valence-electron chi connectivity index (χ0n) is 19.2. The number of hydrogen-bond donors (Lipinski definition) is 0. The zero-order valence-corrected chi connectivity index (χ0v) is 20.0. The molecule has 8 heteroatoms. The van der Waals surface area contributed by atoms with Gasteiger partial charge in [0.2, 0.25) is 15.9 Å². The minimum atomic E-state index is -3.47. The molecule has 0 spiro atoms. The van der Waals surface area contributed by atoms with Crippen LogP contribution in [0.25, 0.3) is 0 Å². The summed E-state index contributed by atoms with van der Waals surface area (Å²) in [6.45, 7) is 13.0. The standard InChI is InChI=1S/C23H37N3O4S/c1-23(2,3)10-11-24-12-14-25(15-13-24)22(27)9-6-20-4-7-21(8-5-20)31(28,29)26-16-18-30-19-17-26/h4-5,7-8H,6,9-19H2,1-3H3. The van der Waals surface area contributed by atoms with Gasteiger partial charge < -0.3 is 9.64 Å². The molecule has 2 aliphatic heterocycles. The van der Waals surface area contributed by atoms with E-state index in [1.54, 1.807) is 12.1 Å². The van der Waals surface area contributed by atoms with E-state index in [9.17, 15) is 13.2 Å². The molecular formula is C23H37N3O4S. The maximum absolute atomic E-state index is 12.7. The Morgan fingerprint density at radius 1 is 0.968 bits per heavy atom. The fourth-order valence-electron chi connectivity index (χ4n) is 3.89. The predicted molar refractivity (Wildman–Crippen MR) is 121 cm³/mol. The molecule has 1 aromatic carbocycles. The van der Waals surface area contributed by atoms with Gasteiger partial charge in [-0.15, -0.1) is 0 Å². The number of hydrogen-bond acceptors (Lipinski definition) is 5. The molecule has 0 radical (unpaired) electrons. The normalized spacial score (nSPS) is 19.5. The Labute approximate surface area is 187 Å². The topological polar surface area (TPSA) is 70.2 Å². The van der Waals surface area contributed by atoms with Crippen LogP contribution in [0.2, 0.25) is 0 Å². The second kappa shape index (κ2) is 10.4. The quantitative estimate of drug-likeness (QED) is 0.636. The highest BCUT2D eigenvalue weighted by atomic mass is 32.2. The number of aryl methyl sites for hydroxylation is 1. The summed E-state index contributed by atoms with van der Waals surface area (Å²) in [6.07, 6.45) is 2.25. The summed E-state index contributed by atoms with van der Waals surface area (Å²) in [6, 6.07) is 6.95. The van der Waals surface area contributed by atoms with Gasteiger partial charge in [0.05, 0.1) is 18.1 Å².